The number of hydrogen-bond acceptors (Lipinski definition) is 4. The van der Waals surface area contributed by atoms with Crippen LogP contribution in [0.4, 0.5) is 11.4 Å². The lowest BCUT2D eigenvalue weighted by molar-refractivity contribution is -0.386. The van der Waals surface area contributed by atoms with Gasteiger partial charge in [0, 0.05) is 22.8 Å². The van der Waals surface area contributed by atoms with E-state index in [2.05, 4.69) is 5.32 Å². The molecular formula is C16H16ClN3O4. The van der Waals surface area contributed by atoms with Gasteiger partial charge < -0.3 is 5.32 Å². The van der Waals surface area contributed by atoms with E-state index in [4.69, 9.17) is 11.6 Å². The summed E-state index contributed by atoms with van der Waals surface area (Å²) in [5.74, 6) is -0.467. The van der Waals surface area contributed by atoms with Crippen molar-refractivity contribution in [1.29, 1.82) is 0 Å². The summed E-state index contributed by atoms with van der Waals surface area (Å²) < 4.78 is 1.10. The zero-order valence-electron chi connectivity index (χ0n) is 13.4. The third kappa shape index (κ3) is 3.30. The van der Waals surface area contributed by atoms with Crippen LogP contribution in [0.25, 0.3) is 0 Å². The van der Waals surface area contributed by atoms with E-state index in [1.54, 1.807) is 25.1 Å². The van der Waals surface area contributed by atoms with Crippen LogP contribution in [-0.2, 0) is 4.79 Å². The molecule has 7 nitrogen and oxygen atoms in total. The molecule has 1 aromatic carbocycles. The highest BCUT2D eigenvalue weighted by atomic mass is 35.5. The topological polar surface area (TPSA) is 94.2 Å². The second-order valence-electron chi connectivity index (χ2n) is 5.35. The fourth-order valence-electron chi connectivity index (χ4n) is 2.41. The van der Waals surface area contributed by atoms with Gasteiger partial charge in [-0.3, -0.25) is 24.3 Å². The molecule has 126 valence electrons. The Labute approximate surface area is 143 Å². The van der Waals surface area contributed by atoms with Gasteiger partial charge in [-0.1, -0.05) is 17.7 Å². The minimum Gasteiger partial charge on any atom is -0.324 e. The summed E-state index contributed by atoms with van der Waals surface area (Å²) >= 11 is 6.02. The van der Waals surface area contributed by atoms with Gasteiger partial charge in [0.1, 0.15) is 6.04 Å². The van der Waals surface area contributed by atoms with Crippen molar-refractivity contribution in [2.24, 2.45) is 0 Å². The van der Waals surface area contributed by atoms with Crippen LogP contribution in [0.5, 0.6) is 0 Å². The summed E-state index contributed by atoms with van der Waals surface area (Å²) in [6.07, 6.45) is 0. The third-order valence-corrected chi connectivity index (χ3v) is 4.25. The number of rotatable bonds is 4. The van der Waals surface area contributed by atoms with Gasteiger partial charge in [0.05, 0.1) is 10.6 Å². The van der Waals surface area contributed by atoms with Crippen LogP contribution in [0.3, 0.4) is 0 Å². The average molecular weight is 350 g/mol. The Morgan fingerprint density at radius 1 is 1.29 bits per heavy atom. The molecule has 0 fully saturated rings. The highest BCUT2D eigenvalue weighted by Gasteiger charge is 2.23. The van der Waals surface area contributed by atoms with E-state index in [0.717, 1.165) is 16.7 Å². The van der Waals surface area contributed by atoms with E-state index in [9.17, 15) is 19.7 Å². The summed E-state index contributed by atoms with van der Waals surface area (Å²) in [6, 6.07) is 6.38. The first kappa shape index (κ1) is 17.7. The molecule has 1 N–H and O–H groups in total. The molecule has 24 heavy (non-hydrogen) atoms. The second kappa shape index (κ2) is 6.84. The van der Waals surface area contributed by atoms with Crippen molar-refractivity contribution in [2.45, 2.75) is 26.8 Å². The van der Waals surface area contributed by atoms with Gasteiger partial charge in [-0.25, -0.2) is 0 Å². The molecular weight excluding hydrogens is 334 g/mol. The van der Waals surface area contributed by atoms with Crippen molar-refractivity contribution in [3.63, 3.8) is 0 Å². The Morgan fingerprint density at radius 2 is 1.96 bits per heavy atom. The summed E-state index contributed by atoms with van der Waals surface area (Å²) in [5, 5.41) is 14.2. The van der Waals surface area contributed by atoms with Crippen LogP contribution in [-0.4, -0.2) is 15.4 Å². The van der Waals surface area contributed by atoms with Gasteiger partial charge in [0.15, 0.2) is 0 Å². The SMILES string of the molecule is Cc1c(Cl)cccc1NC(=O)C(C)n1c(C)c([N+](=O)[O-])ccc1=O. The molecule has 1 amide bonds. The molecule has 0 saturated carbocycles. The van der Waals surface area contributed by atoms with Crippen LogP contribution in [0.15, 0.2) is 35.1 Å². The quantitative estimate of drug-likeness (QED) is 0.677. The standard InChI is InChI=1S/C16H16ClN3O4/c1-9-12(17)5-4-6-13(9)18-16(22)11(3)19-10(2)14(20(23)24)7-8-15(19)21/h4-8,11H,1-3H3,(H,18,22). The molecule has 0 aliphatic rings. The van der Waals surface area contributed by atoms with Crippen LogP contribution in [0, 0.1) is 24.0 Å². The van der Waals surface area contributed by atoms with Crippen molar-refractivity contribution in [1.82, 2.24) is 4.57 Å². The van der Waals surface area contributed by atoms with Crippen LogP contribution in [0.2, 0.25) is 5.02 Å². The van der Waals surface area contributed by atoms with E-state index >= 15 is 0 Å². The molecule has 0 radical (unpaired) electrons. The lowest BCUT2D eigenvalue weighted by Gasteiger charge is -2.18. The van der Waals surface area contributed by atoms with Crippen LogP contribution >= 0.6 is 11.6 Å². The highest BCUT2D eigenvalue weighted by Crippen LogP contribution is 2.24. The Morgan fingerprint density at radius 3 is 2.58 bits per heavy atom. The number of halogens is 1. The van der Waals surface area contributed by atoms with Crippen molar-refractivity contribution in [3.05, 3.63) is 67.1 Å². The number of hydrogen-bond donors (Lipinski definition) is 1. The fourth-order valence-corrected chi connectivity index (χ4v) is 2.59. The van der Waals surface area contributed by atoms with E-state index < -0.39 is 22.4 Å². The first-order valence-electron chi connectivity index (χ1n) is 7.16. The van der Waals surface area contributed by atoms with E-state index in [1.807, 2.05) is 0 Å². The third-order valence-electron chi connectivity index (χ3n) is 3.84. The van der Waals surface area contributed by atoms with Gasteiger partial charge in [-0.2, -0.15) is 0 Å². The number of benzene rings is 1. The van der Waals surface area contributed by atoms with Crippen molar-refractivity contribution in [3.8, 4) is 0 Å². The zero-order valence-corrected chi connectivity index (χ0v) is 14.1. The van der Waals surface area contributed by atoms with Gasteiger partial charge in [0.25, 0.3) is 11.2 Å². The first-order chi connectivity index (χ1) is 11.2. The Kier molecular flexibility index (Phi) is 5.04. The molecule has 1 atom stereocenters. The normalized spacial score (nSPS) is 11.8. The number of carbonyl (C=O) groups excluding carboxylic acids is 1. The first-order valence-corrected chi connectivity index (χ1v) is 7.54. The lowest BCUT2D eigenvalue weighted by atomic mass is 10.2. The molecule has 1 heterocycles. The van der Waals surface area contributed by atoms with Crippen molar-refractivity contribution >= 4 is 28.9 Å². The number of nitro groups is 1. The van der Waals surface area contributed by atoms with Gasteiger partial charge in [-0.15, -0.1) is 0 Å². The number of nitrogens with one attached hydrogen (secondary N) is 1. The summed E-state index contributed by atoms with van der Waals surface area (Å²) in [4.78, 5) is 35.0. The van der Waals surface area contributed by atoms with E-state index in [1.165, 1.54) is 13.8 Å². The second-order valence-corrected chi connectivity index (χ2v) is 5.75. The number of anilines is 1. The maximum Gasteiger partial charge on any atom is 0.288 e. The number of nitrogens with zero attached hydrogens (tertiary/aromatic N) is 2. The minimum atomic E-state index is -0.921. The summed E-state index contributed by atoms with van der Waals surface area (Å²) in [6.45, 7) is 4.70. The van der Waals surface area contributed by atoms with E-state index in [-0.39, 0.29) is 11.4 Å². The predicted molar refractivity (Wildman–Crippen MR) is 91.6 cm³/mol. The fraction of sp³-hybridized carbons (Fsp3) is 0.250. The summed E-state index contributed by atoms with van der Waals surface area (Å²) in [5.41, 5.74) is 0.646. The number of carbonyl (C=O) groups is 1. The Balaban J connectivity index is 2.38. The van der Waals surface area contributed by atoms with Crippen LogP contribution < -0.4 is 10.9 Å². The number of pyridine rings is 1. The molecule has 0 aliphatic carbocycles. The average Bonchev–Trinajstić information content (AvgIpc) is 2.51. The largest absolute Gasteiger partial charge is 0.324 e. The van der Waals surface area contributed by atoms with Crippen molar-refractivity contribution in [2.75, 3.05) is 5.32 Å². The highest BCUT2D eigenvalue weighted by molar-refractivity contribution is 6.31. The number of amides is 1. The molecule has 0 spiro atoms. The maximum absolute atomic E-state index is 12.5. The van der Waals surface area contributed by atoms with Gasteiger partial charge >= 0.3 is 0 Å². The Hall–Kier alpha value is -2.67. The molecule has 8 heteroatoms. The van der Waals surface area contributed by atoms with E-state index in [0.29, 0.717) is 16.3 Å². The molecule has 0 bridgehead atoms. The van der Waals surface area contributed by atoms with Crippen molar-refractivity contribution < 1.29 is 9.72 Å². The van der Waals surface area contributed by atoms with Gasteiger partial charge in [-0.05, 0) is 38.5 Å². The molecule has 2 rings (SSSR count). The molecule has 1 unspecified atom stereocenters. The Bertz CT molecular complexity index is 876. The van der Waals surface area contributed by atoms with Crippen LogP contribution in [0.1, 0.15) is 24.2 Å². The predicted octanol–water partition coefficient (Wildman–Crippen LogP) is 3.23. The maximum atomic E-state index is 12.5. The molecule has 2 aromatic rings. The summed E-state index contributed by atoms with van der Waals surface area (Å²) in [7, 11) is 0. The smallest absolute Gasteiger partial charge is 0.288 e. The lowest BCUT2D eigenvalue weighted by Crippen LogP contribution is -2.33. The number of aromatic nitrogens is 1. The molecule has 1 aromatic heterocycles. The molecule has 0 saturated heterocycles. The zero-order chi connectivity index (χ0) is 18.0. The molecule has 0 aliphatic heterocycles. The minimum absolute atomic E-state index is 0.123. The monoisotopic (exact) mass is 349 g/mol. The van der Waals surface area contributed by atoms with Gasteiger partial charge in [0.2, 0.25) is 5.91 Å².